The summed E-state index contributed by atoms with van der Waals surface area (Å²) >= 11 is 0. The predicted octanol–water partition coefficient (Wildman–Crippen LogP) is 2.76. The standard InChI is InChI=1S/C13H10N3O2/c17-16(18)14-10-11-6-4-5-9-13(11)15(14)12-7-2-1-3-8-12/h1-10H. The molecule has 0 N–H and O–H groups in total. The normalized spacial score (nSPS) is 13.6. The van der Waals surface area contributed by atoms with Crippen molar-refractivity contribution in [3.63, 3.8) is 0 Å². The fourth-order valence-electron chi connectivity index (χ4n) is 2.03. The topological polar surface area (TPSA) is 49.6 Å². The fourth-order valence-corrected chi connectivity index (χ4v) is 2.03. The summed E-state index contributed by atoms with van der Waals surface area (Å²) in [4.78, 5) is 11.1. The van der Waals surface area contributed by atoms with E-state index in [2.05, 4.69) is 0 Å². The van der Waals surface area contributed by atoms with Gasteiger partial charge in [-0.1, -0.05) is 36.4 Å². The first kappa shape index (κ1) is 10.6. The van der Waals surface area contributed by atoms with Crippen molar-refractivity contribution in [3.8, 4) is 0 Å². The van der Waals surface area contributed by atoms with Gasteiger partial charge in [-0.05, 0) is 23.3 Å². The van der Waals surface area contributed by atoms with Crippen LogP contribution < -0.4 is 5.01 Å². The third kappa shape index (κ3) is 1.57. The highest BCUT2D eigenvalue weighted by molar-refractivity contribution is 5.69. The van der Waals surface area contributed by atoms with Gasteiger partial charge in [0.1, 0.15) is 0 Å². The van der Waals surface area contributed by atoms with Gasteiger partial charge >= 0.3 is 0 Å². The molecule has 89 valence electrons. The molecule has 18 heavy (non-hydrogen) atoms. The molecule has 0 amide bonds. The Balaban J connectivity index is 2.11. The zero-order chi connectivity index (χ0) is 12.5. The van der Waals surface area contributed by atoms with Gasteiger partial charge in [-0.2, -0.15) is 0 Å². The Morgan fingerprint density at radius 1 is 0.944 bits per heavy atom. The Labute approximate surface area is 104 Å². The zero-order valence-corrected chi connectivity index (χ0v) is 9.43. The van der Waals surface area contributed by atoms with Crippen LogP contribution in [0, 0.1) is 16.7 Å². The van der Waals surface area contributed by atoms with E-state index in [1.165, 1.54) is 6.54 Å². The van der Waals surface area contributed by atoms with Crippen LogP contribution in [0.1, 0.15) is 5.56 Å². The van der Waals surface area contributed by atoms with Crippen LogP contribution in [-0.4, -0.2) is 10.2 Å². The quantitative estimate of drug-likeness (QED) is 0.598. The van der Waals surface area contributed by atoms with Gasteiger partial charge in [0.15, 0.2) is 11.6 Å². The second kappa shape index (κ2) is 4.03. The van der Waals surface area contributed by atoms with E-state index in [1.54, 1.807) is 5.01 Å². The summed E-state index contributed by atoms with van der Waals surface area (Å²) in [6.45, 7) is 1.52. The van der Waals surface area contributed by atoms with Crippen LogP contribution in [0.15, 0.2) is 54.6 Å². The highest BCUT2D eigenvalue weighted by Crippen LogP contribution is 2.37. The van der Waals surface area contributed by atoms with Crippen molar-refractivity contribution < 1.29 is 5.03 Å². The van der Waals surface area contributed by atoms with Crippen molar-refractivity contribution in [2.24, 2.45) is 0 Å². The average Bonchev–Trinajstić information content (AvgIpc) is 2.79. The molecule has 0 unspecified atom stereocenters. The van der Waals surface area contributed by atoms with Gasteiger partial charge in [0.25, 0.3) is 0 Å². The number of nitro groups is 1. The second-order valence-corrected chi connectivity index (χ2v) is 3.89. The number of benzene rings is 2. The third-order valence-electron chi connectivity index (χ3n) is 2.79. The molecule has 3 rings (SSSR count). The smallest absolute Gasteiger partial charge is 0.182 e. The van der Waals surface area contributed by atoms with Crippen molar-refractivity contribution in [1.29, 1.82) is 0 Å². The van der Waals surface area contributed by atoms with Gasteiger partial charge in [0, 0.05) is 5.56 Å². The van der Waals surface area contributed by atoms with Gasteiger partial charge in [-0.15, -0.1) is 0 Å². The minimum Gasteiger partial charge on any atom is -0.233 e. The van der Waals surface area contributed by atoms with Gasteiger partial charge in [-0.25, -0.2) is 15.1 Å². The average molecular weight is 240 g/mol. The van der Waals surface area contributed by atoms with E-state index in [4.69, 9.17) is 0 Å². The molecule has 1 aliphatic heterocycles. The minimum absolute atomic E-state index is 0.437. The Morgan fingerprint density at radius 2 is 1.61 bits per heavy atom. The lowest BCUT2D eigenvalue weighted by Gasteiger charge is -2.22. The number of nitrogens with zero attached hydrogens (tertiary/aromatic N) is 3. The minimum atomic E-state index is -0.437. The van der Waals surface area contributed by atoms with E-state index >= 15 is 0 Å². The van der Waals surface area contributed by atoms with Crippen molar-refractivity contribution in [1.82, 2.24) is 5.12 Å². The molecule has 1 heterocycles. The van der Waals surface area contributed by atoms with Crippen molar-refractivity contribution >= 4 is 11.4 Å². The van der Waals surface area contributed by atoms with Gasteiger partial charge in [0.05, 0.1) is 11.4 Å². The molecule has 5 heteroatoms. The number of fused-ring (bicyclic) bond motifs is 1. The summed E-state index contributed by atoms with van der Waals surface area (Å²) in [5, 5.41) is 13.3. The molecule has 1 radical (unpaired) electrons. The summed E-state index contributed by atoms with van der Waals surface area (Å²) in [7, 11) is 0. The van der Waals surface area contributed by atoms with Gasteiger partial charge in [-0.3, -0.25) is 0 Å². The summed E-state index contributed by atoms with van der Waals surface area (Å²) in [6.07, 6.45) is 0. The molecule has 0 fully saturated rings. The number of para-hydroxylation sites is 2. The van der Waals surface area contributed by atoms with Crippen LogP contribution in [0.2, 0.25) is 0 Å². The van der Waals surface area contributed by atoms with Crippen LogP contribution in [-0.2, 0) is 0 Å². The highest BCUT2D eigenvalue weighted by Gasteiger charge is 2.35. The molecular formula is C13H10N3O2. The molecule has 2 aromatic rings. The second-order valence-electron chi connectivity index (χ2n) is 3.89. The summed E-state index contributed by atoms with van der Waals surface area (Å²) < 4.78 is 0. The summed E-state index contributed by atoms with van der Waals surface area (Å²) in [6, 6.07) is 16.7. The lowest BCUT2D eigenvalue weighted by Crippen LogP contribution is -2.37. The Hall–Kier alpha value is -2.56. The molecule has 2 aromatic carbocycles. The van der Waals surface area contributed by atoms with E-state index in [0.29, 0.717) is 0 Å². The molecule has 0 bridgehead atoms. The first-order chi connectivity index (χ1) is 8.77. The molecular weight excluding hydrogens is 230 g/mol. The van der Waals surface area contributed by atoms with Crippen LogP contribution in [0.25, 0.3) is 0 Å². The van der Waals surface area contributed by atoms with Crippen LogP contribution in [0.3, 0.4) is 0 Å². The fraction of sp³-hybridized carbons (Fsp3) is 0. The number of hydrazine groups is 2. The van der Waals surface area contributed by atoms with E-state index in [9.17, 15) is 10.1 Å². The molecule has 1 aliphatic rings. The molecule has 5 nitrogen and oxygen atoms in total. The summed E-state index contributed by atoms with van der Waals surface area (Å²) in [5.41, 5.74) is 2.40. The van der Waals surface area contributed by atoms with E-state index < -0.39 is 5.03 Å². The molecule has 0 aromatic heterocycles. The van der Waals surface area contributed by atoms with Crippen molar-refractivity contribution in [2.75, 3.05) is 5.01 Å². The van der Waals surface area contributed by atoms with Crippen molar-refractivity contribution in [3.05, 3.63) is 76.8 Å². The van der Waals surface area contributed by atoms with Gasteiger partial charge in [0.2, 0.25) is 0 Å². The van der Waals surface area contributed by atoms with Gasteiger partial charge < -0.3 is 0 Å². The van der Waals surface area contributed by atoms with E-state index in [1.807, 2.05) is 54.6 Å². The first-order valence-electron chi connectivity index (χ1n) is 5.50. The largest absolute Gasteiger partial charge is 0.233 e. The maximum atomic E-state index is 11.1. The molecule has 0 saturated heterocycles. The Kier molecular flexibility index (Phi) is 2.37. The third-order valence-corrected chi connectivity index (χ3v) is 2.79. The lowest BCUT2D eigenvalue weighted by molar-refractivity contribution is -0.644. The van der Waals surface area contributed by atoms with E-state index in [0.717, 1.165) is 22.1 Å². The summed E-state index contributed by atoms with van der Waals surface area (Å²) in [5.74, 6) is 0. The van der Waals surface area contributed by atoms with Crippen LogP contribution in [0.4, 0.5) is 11.4 Å². The molecule has 0 spiro atoms. The maximum Gasteiger partial charge on any atom is 0.182 e. The number of hydrogen-bond acceptors (Lipinski definition) is 3. The van der Waals surface area contributed by atoms with Crippen LogP contribution >= 0.6 is 0 Å². The highest BCUT2D eigenvalue weighted by atomic mass is 16.7. The maximum absolute atomic E-state index is 11.1. The zero-order valence-electron chi connectivity index (χ0n) is 9.43. The van der Waals surface area contributed by atoms with Crippen LogP contribution in [0.5, 0.6) is 0 Å². The Morgan fingerprint density at radius 3 is 2.33 bits per heavy atom. The van der Waals surface area contributed by atoms with Crippen molar-refractivity contribution in [2.45, 2.75) is 0 Å². The van der Waals surface area contributed by atoms with E-state index in [-0.39, 0.29) is 0 Å². The molecule has 0 atom stereocenters. The lowest BCUT2D eigenvalue weighted by atomic mass is 10.2. The number of hydrogen-bond donors (Lipinski definition) is 0. The Bertz CT molecular complexity index is 586. The predicted molar refractivity (Wildman–Crippen MR) is 67.3 cm³/mol. The molecule has 0 saturated carbocycles. The number of rotatable bonds is 2. The number of anilines is 2. The monoisotopic (exact) mass is 240 g/mol. The molecule has 0 aliphatic carbocycles. The first-order valence-corrected chi connectivity index (χ1v) is 5.50. The SMILES string of the molecule is O=[N+]([O-])N1[CH]c2ccccc2N1c1ccccc1.